The third-order valence-corrected chi connectivity index (χ3v) is 2.76. The minimum atomic E-state index is -1.03. The zero-order valence-electron chi connectivity index (χ0n) is 8.23. The van der Waals surface area contributed by atoms with Crippen LogP contribution in [-0.4, -0.2) is 11.7 Å². The molecule has 1 N–H and O–H groups in total. The molecule has 2 heteroatoms. The van der Waals surface area contributed by atoms with Gasteiger partial charge >= 0.3 is 0 Å². The molecule has 0 spiro atoms. The smallest absolute Gasteiger partial charge is 0.115 e. The van der Waals surface area contributed by atoms with E-state index in [0.29, 0.717) is 18.9 Å². The minimum Gasteiger partial charge on any atom is -0.382 e. The van der Waals surface area contributed by atoms with Crippen molar-refractivity contribution in [2.75, 3.05) is 0 Å². The van der Waals surface area contributed by atoms with Crippen LogP contribution < -0.4 is 5.32 Å². The van der Waals surface area contributed by atoms with E-state index in [1.54, 1.807) is 6.92 Å². The number of rotatable bonds is 0. The van der Waals surface area contributed by atoms with E-state index < -0.39 is 5.67 Å². The van der Waals surface area contributed by atoms with E-state index in [9.17, 15) is 4.39 Å². The molecule has 0 amide bonds. The largest absolute Gasteiger partial charge is 0.382 e. The van der Waals surface area contributed by atoms with Gasteiger partial charge in [0, 0.05) is 24.6 Å². The van der Waals surface area contributed by atoms with Crippen LogP contribution in [-0.2, 0) is 0 Å². The predicted molar refractivity (Wildman–Crippen MR) is 52.1 cm³/mol. The summed E-state index contributed by atoms with van der Waals surface area (Å²) in [4.78, 5) is 0. The fourth-order valence-electron chi connectivity index (χ4n) is 1.99. The van der Waals surface area contributed by atoms with Crippen molar-refractivity contribution in [2.45, 2.75) is 44.8 Å². The highest BCUT2D eigenvalue weighted by Gasteiger charge is 2.30. The highest BCUT2D eigenvalue weighted by molar-refractivity contribution is 5.37. The second-order valence-electron chi connectivity index (χ2n) is 4.42. The molecule has 13 heavy (non-hydrogen) atoms. The van der Waals surface area contributed by atoms with Crippen LogP contribution >= 0.6 is 0 Å². The summed E-state index contributed by atoms with van der Waals surface area (Å²) in [6.07, 6.45) is 6.29. The maximum atomic E-state index is 13.6. The van der Waals surface area contributed by atoms with Gasteiger partial charge in [0.2, 0.25) is 0 Å². The van der Waals surface area contributed by atoms with Crippen molar-refractivity contribution in [3.8, 4) is 0 Å². The number of allylic oxidation sites excluding steroid dienone is 2. The highest BCUT2D eigenvalue weighted by atomic mass is 19.1. The van der Waals surface area contributed by atoms with E-state index >= 15 is 0 Å². The van der Waals surface area contributed by atoms with E-state index in [1.807, 2.05) is 6.08 Å². The van der Waals surface area contributed by atoms with Crippen LogP contribution in [0.3, 0.4) is 0 Å². The molecule has 72 valence electrons. The van der Waals surface area contributed by atoms with Crippen molar-refractivity contribution in [1.29, 1.82) is 0 Å². The van der Waals surface area contributed by atoms with E-state index in [-0.39, 0.29) is 0 Å². The first-order valence-electron chi connectivity index (χ1n) is 4.92. The zero-order valence-corrected chi connectivity index (χ0v) is 8.23. The van der Waals surface area contributed by atoms with E-state index in [1.165, 1.54) is 0 Å². The van der Waals surface area contributed by atoms with Gasteiger partial charge < -0.3 is 5.32 Å². The predicted octanol–water partition coefficient (Wildman–Crippen LogP) is 2.70. The molecule has 2 atom stereocenters. The molecule has 1 aliphatic heterocycles. The summed E-state index contributed by atoms with van der Waals surface area (Å²) < 4.78 is 13.6. The Hall–Kier alpha value is -0.790. The Kier molecular flexibility index (Phi) is 1.94. The Balaban J connectivity index is 2.23. The molecule has 1 aliphatic carbocycles. The summed E-state index contributed by atoms with van der Waals surface area (Å²) in [5.41, 5.74) is 1.29. The normalized spacial score (nSPS) is 38.5. The summed E-state index contributed by atoms with van der Waals surface area (Å²) in [7, 11) is 0. The van der Waals surface area contributed by atoms with Gasteiger partial charge in [-0.1, -0.05) is 12.2 Å². The minimum absolute atomic E-state index is 0.499. The first-order valence-corrected chi connectivity index (χ1v) is 4.92. The summed E-state index contributed by atoms with van der Waals surface area (Å²) in [5.74, 6) is 0. The lowest BCUT2D eigenvalue weighted by Crippen LogP contribution is -2.34. The molecule has 0 saturated carbocycles. The van der Waals surface area contributed by atoms with Crippen LogP contribution in [0.4, 0.5) is 4.39 Å². The Bertz CT molecular complexity index is 276. The lowest BCUT2D eigenvalue weighted by molar-refractivity contribution is 0.186. The van der Waals surface area contributed by atoms with Crippen molar-refractivity contribution >= 4 is 0 Å². The Morgan fingerprint density at radius 1 is 1.54 bits per heavy atom. The first kappa shape index (κ1) is 8.79. The average molecular weight is 181 g/mol. The molecule has 2 rings (SSSR count). The Morgan fingerprint density at radius 3 is 3.08 bits per heavy atom. The number of fused-ring (bicyclic) bond motifs is 1. The van der Waals surface area contributed by atoms with Crippen molar-refractivity contribution in [3.05, 3.63) is 23.4 Å². The van der Waals surface area contributed by atoms with E-state index in [0.717, 1.165) is 17.7 Å². The van der Waals surface area contributed by atoms with Crippen LogP contribution in [0.1, 0.15) is 33.1 Å². The third kappa shape index (κ3) is 1.77. The van der Waals surface area contributed by atoms with E-state index in [2.05, 4.69) is 18.3 Å². The molecule has 0 bridgehead atoms. The maximum Gasteiger partial charge on any atom is 0.115 e. The van der Waals surface area contributed by atoms with Gasteiger partial charge in [0.25, 0.3) is 0 Å². The second-order valence-corrected chi connectivity index (χ2v) is 4.42. The maximum absolute atomic E-state index is 13.6. The van der Waals surface area contributed by atoms with Gasteiger partial charge in [0.05, 0.1) is 0 Å². The number of nitrogens with one attached hydrogen (secondary N) is 1. The fourth-order valence-corrected chi connectivity index (χ4v) is 1.99. The Labute approximate surface area is 78.7 Å². The van der Waals surface area contributed by atoms with Crippen LogP contribution in [0.5, 0.6) is 0 Å². The van der Waals surface area contributed by atoms with Gasteiger partial charge in [-0.2, -0.15) is 0 Å². The number of hydrogen-bond donors (Lipinski definition) is 1. The summed E-state index contributed by atoms with van der Waals surface area (Å²) >= 11 is 0. The molecular formula is C11H16FN. The molecule has 0 fully saturated rings. The summed E-state index contributed by atoms with van der Waals surface area (Å²) in [6.45, 7) is 3.83. The molecule has 0 aromatic carbocycles. The van der Waals surface area contributed by atoms with Crippen LogP contribution in [0.25, 0.3) is 0 Å². The molecule has 0 radical (unpaired) electrons. The molecule has 0 aromatic rings. The fraction of sp³-hybridized carbons (Fsp3) is 0.636. The second kappa shape index (κ2) is 2.86. The zero-order chi connectivity index (χ0) is 9.47. The van der Waals surface area contributed by atoms with Gasteiger partial charge in [0.1, 0.15) is 5.67 Å². The molecule has 1 nitrogen and oxygen atoms in total. The quantitative estimate of drug-likeness (QED) is 0.606. The van der Waals surface area contributed by atoms with Gasteiger partial charge in [-0.05, 0) is 25.8 Å². The SMILES string of the molecule is CC1CC=C2CC(C)(F)CC=C2N1. The Morgan fingerprint density at radius 2 is 2.31 bits per heavy atom. The van der Waals surface area contributed by atoms with Crippen LogP contribution in [0.15, 0.2) is 23.4 Å². The van der Waals surface area contributed by atoms with Crippen molar-refractivity contribution < 1.29 is 4.39 Å². The first-order chi connectivity index (χ1) is 6.07. The van der Waals surface area contributed by atoms with E-state index in [4.69, 9.17) is 0 Å². The molecular weight excluding hydrogens is 165 g/mol. The molecule has 1 heterocycles. The lowest BCUT2D eigenvalue weighted by atomic mass is 9.85. The number of hydrogen-bond acceptors (Lipinski definition) is 1. The standard InChI is InChI=1S/C11H16FN/c1-8-3-4-9-7-11(2,12)6-5-10(9)13-8/h4-5,8,13H,3,6-7H2,1-2H3. The summed E-state index contributed by atoms with van der Waals surface area (Å²) in [5, 5.41) is 3.38. The van der Waals surface area contributed by atoms with Crippen molar-refractivity contribution in [3.63, 3.8) is 0 Å². The summed E-state index contributed by atoms with van der Waals surface area (Å²) in [6, 6.07) is 0.499. The molecule has 0 saturated heterocycles. The van der Waals surface area contributed by atoms with Crippen molar-refractivity contribution in [2.24, 2.45) is 0 Å². The number of halogens is 1. The lowest BCUT2D eigenvalue weighted by Gasteiger charge is -2.32. The van der Waals surface area contributed by atoms with Crippen LogP contribution in [0, 0.1) is 0 Å². The third-order valence-electron chi connectivity index (χ3n) is 2.76. The molecule has 0 aromatic heterocycles. The van der Waals surface area contributed by atoms with Crippen LogP contribution in [0.2, 0.25) is 0 Å². The van der Waals surface area contributed by atoms with Gasteiger partial charge in [-0.3, -0.25) is 0 Å². The van der Waals surface area contributed by atoms with Gasteiger partial charge in [0.15, 0.2) is 0 Å². The highest BCUT2D eigenvalue weighted by Crippen LogP contribution is 2.35. The molecule has 2 aliphatic rings. The van der Waals surface area contributed by atoms with Gasteiger partial charge in [-0.25, -0.2) is 4.39 Å². The molecule has 2 unspecified atom stereocenters. The topological polar surface area (TPSA) is 12.0 Å². The average Bonchev–Trinajstić information content (AvgIpc) is 2.05. The van der Waals surface area contributed by atoms with Gasteiger partial charge in [-0.15, -0.1) is 0 Å². The van der Waals surface area contributed by atoms with Crippen molar-refractivity contribution in [1.82, 2.24) is 5.32 Å². The number of alkyl halides is 1. The monoisotopic (exact) mass is 181 g/mol.